The normalized spacial score (nSPS) is 11.7. The van der Waals surface area contributed by atoms with Gasteiger partial charge in [-0.05, 0) is 24.6 Å². The number of amides is 1. The van der Waals surface area contributed by atoms with E-state index in [0.29, 0.717) is 17.1 Å². The summed E-state index contributed by atoms with van der Waals surface area (Å²) in [6.07, 6.45) is -0.351. The van der Waals surface area contributed by atoms with Gasteiger partial charge < -0.3 is 24.6 Å². The Kier molecular flexibility index (Phi) is 7.44. The van der Waals surface area contributed by atoms with Gasteiger partial charge in [-0.25, -0.2) is 0 Å². The number of carbonyl (C=O) groups excluding carboxylic acids is 1. The number of carbonyl (C=O) groups is 1. The summed E-state index contributed by atoms with van der Waals surface area (Å²) in [6.45, 7) is 2.39. The molecule has 2 N–H and O–H groups in total. The van der Waals surface area contributed by atoms with E-state index < -0.39 is 0 Å². The molecular formula is C20H25NO5. The Hall–Kier alpha value is -2.57. The molecule has 1 amide bonds. The number of ether oxygens (including phenoxy) is 3. The predicted molar refractivity (Wildman–Crippen MR) is 98.8 cm³/mol. The molecule has 0 aliphatic carbocycles. The Morgan fingerprint density at radius 3 is 2.46 bits per heavy atom. The van der Waals surface area contributed by atoms with Crippen molar-refractivity contribution < 1.29 is 24.1 Å². The van der Waals surface area contributed by atoms with Gasteiger partial charge in [0.15, 0.2) is 0 Å². The molecule has 0 aliphatic heterocycles. The molecule has 0 saturated heterocycles. The molecule has 2 rings (SSSR count). The first kappa shape index (κ1) is 19.8. The van der Waals surface area contributed by atoms with E-state index in [4.69, 9.17) is 19.3 Å². The lowest BCUT2D eigenvalue weighted by atomic mass is 10.1. The fourth-order valence-electron chi connectivity index (χ4n) is 2.52. The molecule has 0 fully saturated rings. The zero-order valence-corrected chi connectivity index (χ0v) is 15.3. The third-order valence-electron chi connectivity index (χ3n) is 3.96. The lowest BCUT2D eigenvalue weighted by molar-refractivity contribution is 0.0277. The standard InChI is InChI=1S/C20H25NO5/c1-14-4-6-15(7-5-14)19(26-11-10-22)13-21-20(23)17-9-8-16(24-2)12-18(17)25-3/h4-9,12,19,22H,10-11,13H2,1-3H3,(H,21,23). The minimum atomic E-state index is -0.351. The van der Waals surface area contributed by atoms with Gasteiger partial charge in [-0.15, -0.1) is 0 Å². The van der Waals surface area contributed by atoms with Crippen molar-refractivity contribution in [3.05, 3.63) is 59.2 Å². The number of hydrogen-bond donors (Lipinski definition) is 2. The van der Waals surface area contributed by atoms with E-state index >= 15 is 0 Å². The van der Waals surface area contributed by atoms with Gasteiger partial charge in [-0.3, -0.25) is 4.79 Å². The molecule has 1 unspecified atom stereocenters. The summed E-state index contributed by atoms with van der Waals surface area (Å²) < 4.78 is 16.1. The summed E-state index contributed by atoms with van der Waals surface area (Å²) in [4.78, 5) is 12.6. The minimum Gasteiger partial charge on any atom is -0.497 e. The molecule has 0 aliphatic rings. The highest BCUT2D eigenvalue weighted by molar-refractivity contribution is 5.97. The summed E-state index contributed by atoms with van der Waals surface area (Å²) in [6, 6.07) is 12.9. The monoisotopic (exact) mass is 359 g/mol. The molecule has 0 aromatic heterocycles. The molecule has 140 valence electrons. The first-order chi connectivity index (χ1) is 12.6. The summed E-state index contributed by atoms with van der Waals surface area (Å²) in [5.74, 6) is 0.779. The number of methoxy groups -OCH3 is 2. The average molecular weight is 359 g/mol. The van der Waals surface area contributed by atoms with Crippen molar-refractivity contribution in [2.45, 2.75) is 13.0 Å². The fourth-order valence-corrected chi connectivity index (χ4v) is 2.52. The van der Waals surface area contributed by atoms with Crippen molar-refractivity contribution in [3.63, 3.8) is 0 Å². The topological polar surface area (TPSA) is 77.0 Å². The quantitative estimate of drug-likeness (QED) is 0.719. The van der Waals surface area contributed by atoms with Gasteiger partial charge >= 0.3 is 0 Å². The highest BCUT2D eigenvalue weighted by Crippen LogP contribution is 2.25. The van der Waals surface area contributed by atoms with E-state index in [1.807, 2.05) is 31.2 Å². The SMILES string of the molecule is COc1ccc(C(=O)NCC(OCCO)c2ccc(C)cc2)c(OC)c1. The first-order valence-corrected chi connectivity index (χ1v) is 8.38. The van der Waals surface area contributed by atoms with E-state index in [1.54, 1.807) is 25.3 Å². The Labute approximate surface area is 153 Å². The highest BCUT2D eigenvalue weighted by atomic mass is 16.5. The number of aliphatic hydroxyl groups excluding tert-OH is 1. The summed E-state index contributed by atoms with van der Waals surface area (Å²) in [5, 5.41) is 11.9. The molecular weight excluding hydrogens is 334 g/mol. The molecule has 0 radical (unpaired) electrons. The lowest BCUT2D eigenvalue weighted by Crippen LogP contribution is -2.30. The molecule has 1 atom stereocenters. The van der Waals surface area contributed by atoms with Gasteiger partial charge in [0, 0.05) is 12.6 Å². The van der Waals surface area contributed by atoms with Crippen LogP contribution in [0, 0.1) is 6.92 Å². The maximum absolute atomic E-state index is 12.6. The molecule has 2 aromatic carbocycles. The van der Waals surface area contributed by atoms with E-state index in [0.717, 1.165) is 11.1 Å². The second-order valence-corrected chi connectivity index (χ2v) is 5.77. The number of aliphatic hydroxyl groups is 1. The van der Waals surface area contributed by atoms with Crippen LogP contribution in [0.25, 0.3) is 0 Å². The van der Waals surface area contributed by atoms with Gasteiger partial charge in [0.1, 0.15) is 11.5 Å². The molecule has 0 heterocycles. The molecule has 6 nitrogen and oxygen atoms in total. The maximum Gasteiger partial charge on any atom is 0.255 e. The third-order valence-corrected chi connectivity index (χ3v) is 3.96. The van der Waals surface area contributed by atoms with Crippen LogP contribution in [-0.4, -0.2) is 45.0 Å². The third kappa shape index (κ3) is 5.21. The van der Waals surface area contributed by atoms with Crippen molar-refractivity contribution in [2.75, 3.05) is 34.0 Å². The van der Waals surface area contributed by atoms with E-state index in [2.05, 4.69) is 5.32 Å². The van der Waals surface area contributed by atoms with Crippen LogP contribution in [0.3, 0.4) is 0 Å². The smallest absolute Gasteiger partial charge is 0.255 e. The van der Waals surface area contributed by atoms with Crippen LogP contribution >= 0.6 is 0 Å². The van der Waals surface area contributed by atoms with E-state index in [-0.39, 0.29) is 31.8 Å². The summed E-state index contributed by atoms with van der Waals surface area (Å²) >= 11 is 0. The summed E-state index contributed by atoms with van der Waals surface area (Å²) in [5.41, 5.74) is 2.49. The Morgan fingerprint density at radius 1 is 1.12 bits per heavy atom. The number of nitrogens with one attached hydrogen (secondary N) is 1. The van der Waals surface area contributed by atoms with Crippen LogP contribution in [0.1, 0.15) is 27.6 Å². The van der Waals surface area contributed by atoms with Crippen LogP contribution in [-0.2, 0) is 4.74 Å². The van der Waals surface area contributed by atoms with Crippen molar-refractivity contribution in [2.24, 2.45) is 0 Å². The predicted octanol–water partition coefficient (Wildman–Crippen LogP) is 2.49. The number of benzene rings is 2. The fraction of sp³-hybridized carbons (Fsp3) is 0.350. The van der Waals surface area contributed by atoms with Crippen LogP contribution in [0.15, 0.2) is 42.5 Å². The molecule has 6 heteroatoms. The van der Waals surface area contributed by atoms with Gasteiger partial charge in [0.25, 0.3) is 5.91 Å². The van der Waals surface area contributed by atoms with Gasteiger partial charge in [-0.2, -0.15) is 0 Å². The van der Waals surface area contributed by atoms with E-state index in [1.165, 1.54) is 7.11 Å². The molecule has 0 bridgehead atoms. The number of hydrogen-bond acceptors (Lipinski definition) is 5. The van der Waals surface area contributed by atoms with Crippen LogP contribution < -0.4 is 14.8 Å². The second-order valence-electron chi connectivity index (χ2n) is 5.77. The molecule has 0 saturated carbocycles. The lowest BCUT2D eigenvalue weighted by Gasteiger charge is -2.19. The van der Waals surface area contributed by atoms with Crippen LogP contribution in [0.4, 0.5) is 0 Å². The zero-order chi connectivity index (χ0) is 18.9. The van der Waals surface area contributed by atoms with Crippen LogP contribution in [0.5, 0.6) is 11.5 Å². The molecule has 26 heavy (non-hydrogen) atoms. The second kappa shape index (κ2) is 9.79. The largest absolute Gasteiger partial charge is 0.497 e. The molecule has 2 aromatic rings. The maximum atomic E-state index is 12.6. The molecule has 0 spiro atoms. The summed E-state index contributed by atoms with van der Waals surface area (Å²) in [7, 11) is 3.06. The Balaban J connectivity index is 2.10. The zero-order valence-electron chi connectivity index (χ0n) is 15.3. The highest BCUT2D eigenvalue weighted by Gasteiger charge is 2.17. The average Bonchev–Trinajstić information content (AvgIpc) is 2.68. The minimum absolute atomic E-state index is 0.0807. The van der Waals surface area contributed by atoms with Crippen molar-refractivity contribution >= 4 is 5.91 Å². The van der Waals surface area contributed by atoms with Gasteiger partial charge in [-0.1, -0.05) is 29.8 Å². The van der Waals surface area contributed by atoms with Crippen molar-refractivity contribution in [1.29, 1.82) is 0 Å². The number of aryl methyl sites for hydroxylation is 1. The number of rotatable bonds is 9. The van der Waals surface area contributed by atoms with Crippen LogP contribution in [0.2, 0.25) is 0 Å². The first-order valence-electron chi connectivity index (χ1n) is 8.38. The van der Waals surface area contributed by atoms with Gasteiger partial charge in [0.2, 0.25) is 0 Å². The van der Waals surface area contributed by atoms with Gasteiger partial charge in [0.05, 0.1) is 39.1 Å². The van der Waals surface area contributed by atoms with Crippen molar-refractivity contribution in [3.8, 4) is 11.5 Å². The Bertz CT molecular complexity index is 715. The van der Waals surface area contributed by atoms with Crippen molar-refractivity contribution in [1.82, 2.24) is 5.32 Å². The van der Waals surface area contributed by atoms with E-state index in [9.17, 15) is 4.79 Å². The Morgan fingerprint density at radius 2 is 1.85 bits per heavy atom.